The first-order valence-electron chi connectivity index (χ1n) is 9.14. The van der Waals surface area contributed by atoms with Gasteiger partial charge in [-0.2, -0.15) is 9.61 Å². The van der Waals surface area contributed by atoms with Gasteiger partial charge in [-0.25, -0.2) is 14.2 Å². The standard InChI is InChI=1S/C19H15BrFN7O2/c20-10-1-4-12(21)13(6-10)24-15-7-16(23-11-2-3-11)28-17(26-15)9(8-22-28)5-14-18(29)27-19(30)25-14/h1,4-8,11,24,29H,2-3H2,(H2,25,27,30)/b9-5+,23-16?. The molecule has 4 aromatic rings. The molecule has 9 nitrogen and oxygen atoms in total. The molecule has 0 amide bonds. The molecule has 0 radical (unpaired) electrons. The molecule has 1 saturated carbocycles. The Hall–Kier alpha value is -3.47. The lowest BCUT2D eigenvalue weighted by atomic mass is 10.3. The molecule has 0 aliphatic heterocycles. The molecular formula is C19H15BrFN7O2. The van der Waals surface area contributed by atoms with E-state index in [-0.39, 0.29) is 23.3 Å². The van der Waals surface area contributed by atoms with Crippen molar-refractivity contribution in [2.45, 2.75) is 18.9 Å². The highest BCUT2D eigenvalue weighted by atomic mass is 79.9. The number of fused-ring (bicyclic) bond motifs is 1. The third-order valence-corrected chi connectivity index (χ3v) is 5.06. The molecule has 0 atom stereocenters. The van der Waals surface area contributed by atoms with Crippen molar-refractivity contribution in [3.8, 4) is 5.88 Å². The summed E-state index contributed by atoms with van der Waals surface area (Å²) in [5.74, 6) is -0.316. The maximum atomic E-state index is 14.2. The number of hydrogen-bond donors (Lipinski definition) is 4. The highest BCUT2D eigenvalue weighted by molar-refractivity contribution is 9.10. The minimum absolute atomic E-state index is 0.203. The van der Waals surface area contributed by atoms with Gasteiger partial charge in [-0.05, 0) is 37.1 Å². The number of rotatable bonds is 4. The van der Waals surface area contributed by atoms with Crippen LogP contribution in [0.25, 0.3) is 11.7 Å². The Morgan fingerprint density at radius 3 is 2.90 bits per heavy atom. The van der Waals surface area contributed by atoms with E-state index >= 15 is 0 Å². The van der Waals surface area contributed by atoms with Gasteiger partial charge in [0.2, 0.25) is 5.88 Å². The number of nitrogens with one attached hydrogen (secondary N) is 3. The van der Waals surface area contributed by atoms with Crippen LogP contribution in [0.5, 0.6) is 5.88 Å². The molecule has 3 heterocycles. The average Bonchev–Trinajstić information content (AvgIpc) is 3.34. The van der Waals surface area contributed by atoms with E-state index in [0.29, 0.717) is 22.2 Å². The second kappa shape index (κ2) is 7.10. The second-order valence-corrected chi connectivity index (χ2v) is 7.85. The first kappa shape index (κ1) is 18.6. The van der Waals surface area contributed by atoms with Crippen LogP contribution in [0.4, 0.5) is 15.9 Å². The number of halogens is 2. The number of H-pyrrole nitrogens is 2. The van der Waals surface area contributed by atoms with Gasteiger partial charge in [-0.1, -0.05) is 15.9 Å². The van der Waals surface area contributed by atoms with Crippen LogP contribution in [0.3, 0.4) is 0 Å². The summed E-state index contributed by atoms with van der Waals surface area (Å²) in [7, 11) is 0. The minimum atomic E-state index is -0.528. The summed E-state index contributed by atoms with van der Waals surface area (Å²) in [6.07, 6.45) is 5.12. The van der Waals surface area contributed by atoms with Crippen molar-refractivity contribution < 1.29 is 9.50 Å². The van der Waals surface area contributed by atoms with E-state index < -0.39 is 11.5 Å². The summed E-state index contributed by atoms with van der Waals surface area (Å²) in [6, 6.07) is 6.51. The molecule has 11 heteroatoms. The zero-order valence-electron chi connectivity index (χ0n) is 15.4. The first-order valence-corrected chi connectivity index (χ1v) is 9.93. The third-order valence-electron chi connectivity index (χ3n) is 4.57. The lowest BCUT2D eigenvalue weighted by Crippen LogP contribution is -2.20. The molecule has 5 rings (SSSR count). The molecule has 1 aliphatic carbocycles. The maximum absolute atomic E-state index is 14.2. The van der Waals surface area contributed by atoms with Gasteiger partial charge in [0.25, 0.3) is 0 Å². The Morgan fingerprint density at radius 2 is 2.17 bits per heavy atom. The Kier molecular flexibility index (Phi) is 4.39. The number of aromatic hydroxyl groups is 1. The van der Waals surface area contributed by atoms with Gasteiger partial charge < -0.3 is 15.4 Å². The number of hydrogen-bond acceptors (Lipinski definition) is 6. The van der Waals surface area contributed by atoms with Crippen LogP contribution in [0.2, 0.25) is 0 Å². The fourth-order valence-corrected chi connectivity index (χ4v) is 3.35. The van der Waals surface area contributed by atoms with Gasteiger partial charge in [0, 0.05) is 15.8 Å². The Labute approximate surface area is 176 Å². The fraction of sp³-hybridized carbons (Fsp3) is 0.158. The van der Waals surface area contributed by atoms with Crippen LogP contribution >= 0.6 is 15.9 Å². The molecule has 152 valence electrons. The zero-order chi connectivity index (χ0) is 20.8. The number of anilines is 2. The lowest BCUT2D eigenvalue weighted by Gasteiger charge is -2.08. The molecular weight excluding hydrogens is 457 g/mol. The summed E-state index contributed by atoms with van der Waals surface area (Å²) in [5, 5.41) is 17.7. The maximum Gasteiger partial charge on any atom is 0.326 e. The van der Waals surface area contributed by atoms with Crippen molar-refractivity contribution in [1.29, 1.82) is 0 Å². The average molecular weight is 472 g/mol. The molecule has 4 N–H and O–H groups in total. The number of aromatic nitrogens is 5. The minimum Gasteiger partial charge on any atom is -0.493 e. The lowest BCUT2D eigenvalue weighted by molar-refractivity contribution is 0.454. The summed E-state index contributed by atoms with van der Waals surface area (Å²) >= 11 is 3.34. The van der Waals surface area contributed by atoms with Gasteiger partial charge in [-0.3, -0.25) is 9.98 Å². The third kappa shape index (κ3) is 3.59. The smallest absolute Gasteiger partial charge is 0.326 e. The largest absolute Gasteiger partial charge is 0.493 e. The van der Waals surface area contributed by atoms with Gasteiger partial charge in [0.1, 0.15) is 17.3 Å². The van der Waals surface area contributed by atoms with E-state index in [2.05, 4.69) is 46.3 Å². The summed E-state index contributed by atoms with van der Waals surface area (Å²) in [4.78, 5) is 25.4. The van der Waals surface area contributed by atoms with Crippen LogP contribution in [0.15, 0.2) is 44.7 Å². The van der Waals surface area contributed by atoms with E-state index in [1.807, 2.05) is 0 Å². The van der Waals surface area contributed by atoms with Crippen LogP contribution in [-0.4, -0.2) is 35.7 Å². The molecule has 0 spiro atoms. The topological polar surface area (TPSA) is 123 Å². The zero-order valence-corrected chi connectivity index (χ0v) is 16.9. The fourth-order valence-electron chi connectivity index (χ4n) is 2.99. The van der Waals surface area contributed by atoms with Crippen molar-refractivity contribution in [1.82, 2.24) is 24.6 Å². The molecule has 1 aliphatic rings. The van der Waals surface area contributed by atoms with Crippen molar-refractivity contribution >= 4 is 39.2 Å². The van der Waals surface area contributed by atoms with E-state index in [0.717, 1.165) is 17.3 Å². The highest BCUT2D eigenvalue weighted by Gasteiger charge is 2.20. The quantitative estimate of drug-likeness (QED) is 0.360. The molecule has 0 bridgehead atoms. The molecule has 3 aromatic heterocycles. The predicted molar refractivity (Wildman–Crippen MR) is 111 cm³/mol. The van der Waals surface area contributed by atoms with E-state index in [4.69, 9.17) is 0 Å². The number of imidazole rings is 1. The summed E-state index contributed by atoms with van der Waals surface area (Å²) in [6.45, 7) is 0. The SMILES string of the molecule is O=c1[nH]c(O)c(/C=c2\cnn3c(=NC4CC4)cc(Nc4cc(Br)ccc4F)nc23)[nH]1. The summed E-state index contributed by atoms with van der Waals surface area (Å²) in [5.41, 5.74) is 0.952. The Morgan fingerprint density at radius 1 is 1.33 bits per heavy atom. The number of nitrogens with zero attached hydrogens (tertiary/aromatic N) is 4. The van der Waals surface area contributed by atoms with E-state index in [1.54, 1.807) is 35.0 Å². The summed E-state index contributed by atoms with van der Waals surface area (Å²) < 4.78 is 16.5. The van der Waals surface area contributed by atoms with E-state index in [9.17, 15) is 14.3 Å². The van der Waals surface area contributed by atoms with Gasteiger partial charge >= 0.3 is 5.69 Å². The normalized spacial score (nSPS) is 15.3. The van der Waals surface area contributed by atoms with Crippen molar-refractivity contribution in [2.24, 2.45) is 4.99 Å². The Balaban J connectivity index is 1.69. The predicted octanol–water partition coefficient (Wildman–Crippen LogP) is 1.71. The van der Waals surface area contributed by atoms with Crippen LogP contribution in [0.1, 0.15) is 18.5 Å². The molecule has 1 aromatic carbocycles. The Bertz CT molecular complexity index is 1450. The van der Waals surface area contributed by atoms with Gasteiger partial charge in [0.05, 0.1) is 17.9 Å². The van der Waals surface area contributed by atoms with Crippen molar-refractivity contribution in [2.75, 3.05) is 5.32 Å². The highest BCUT2D eigenvalue weighted by Crippen LogP contribution is 2.24. The van der Waals surface area contributed by atoms with E-state index in [1.165, 1.54) is 6.07 Å². The molecule has 30 heavy (non-hydrogen) atoms. The number of aromatic amines is 2. The van der Waals surface area contributed by atoms with Gasteiger partial charge in [-0.15, -0.1) is 0 Å². The second-order valence-electron chi connectivity index (χ2n) is 6.93. The monoisotopic (exact) mass is 471 g/mol. The van der Waals surface area contributed by atoms with Crippen molar-refractivity contribution in [3.05, 3.63) is 67.6 Å². The molecule has 0 saturated heterocycles. The van der Waals surface area contributed by atoms with Crippen LogP contribution in [-0.2, 0) is 0 Å². The number of benzene rings is 1. The molecule has 0 unspecified atom stereocenters. The molecule has 1 fully saturated rings. The van der Waals surface area contributed by atoms with Gasteiger partial charge in [0.15, 0.2) is 11.1 Å². The van der Waals surface area contributed by atoms with Crippen molar-refractivity contribution in [3.63, 3.8) is 0 Å². The van der Waals surface area contributed by atoms with Crippen LogP contribution in [0, 0.1) is 5.82 Å². The van der Waals surface area contributed by atoms with Crippen LogP contribution < -0.4 is 21.7 Å². The first-order chi connectivity index (χ1) is 14.5.